The molecule has 5 heteroatoms. The van der Waals surface area contributed by atoms with Crippen molar-refractivity contribution in [2.45, 2.75) is 0 Å². The molecule has 0 unspecified atom stereocenters. The highest BCUT2D eigenvalue weighted by Crippen LogP contribution is 2.15. The molecule has 2 aromatic rings. The standard InChI is InChI=1S/C17H14N2O3/c1-2-12-4-3-5-14(10-12)19-17(21)13-6-8-15(9-7-13)22-11-16(18)20/h1,3-10H,11H2,(H2,18,20)(H,19,21). The predicted octanol–water partition coefficient (Wildman–Crippen LogP) is 1.78. The quantitative estimate of drug-likeness (QED) is 0.825. The molecule has 0 heterocycles. The number of anilines is 1. The molecule has 0 spiro atoms. The molecule has 0 bridgehead atoms. The molecule has 0 aliphatic heterocycles. The minimum Gasteiger partial charge on any atom is -0.484 e. The van der Waals surface area contributed by atoms with Crippen LogP contribution in [-0.4, -0.2) is 18.4 Å². The van der Waals surface area contributed by atoms with E-state index in [2.05, 4.69) is 11.2 Å². The molecule has 0 fully saturated rings. The molecule has 2 amide bonds. The normalized spacial score (nSPS) is 9.59. The number of terminal acetylenes is 1. The third-order valence-electron chi connectivity index (χ3n) is 2.78. The van der Waals surface area contributed by atoms with Crippen molar-refractivity contribution in [1.29, 1.82) is 0 Å². The Morgan fingerprint density at radius 3 is 2.55 bits per heavy atom. The van der Waals surface area contributed by atoms with Crippen molar-refractivity contribution in [3.8, 4) is 18.1 Å². The molecule has 0 aliphatic carbocycles. The van der Waals surface area contributed by atoms with E-state index in [9.17, 15) is 9.59 Å². The van der Waals surface area contributed by atoms with Crippen LogP contribution in [0.1, 0.15) is 15.9 Å². The van der Waals surface area contributed by atoms with Gasteiger partial charge in [-0.15, -0.1) is 6.42 Å². The second kappa shape index (κ2) is 6.95. The summed E-state index contributed by atoms with van der Waals surface area (Å²) in [5, 5.41) is 2.75. The zero-order chi connectivity index (χ0) is 15.9. The summed E-state index contributed by atoms with van der Waals surface area (Å²) in [7, 11) is 0. The second-order valence-corrected chi connectivity index (χ2v) is 4.46. The Kier molecular flexibility index (Phi) is 4.78. The molecule has 0 saturated heterocycles. The van der Waals surface area contributed by atoms with Gasteiger partial charge in [0.1, 0.15) is 5.75 Å². The summed E-state index contributed by atoms with van der Waals surface area (Å²) in [4.78, 5) is 22.7. The molecule has 0 aromatic heterocycles. The van der Waals surface area contributed by atoms with E-state index in [-0.39, 0.29) is 12.5 Å². The Hall–Kier alpha value is -3.26. The van der Waals surface area contributed by atoms with Gasteiger partial charge in [0.05, 0.1) is 0 Å². The first-order chi connectivity index (χ1) is 10.6. The molecule has 5 nitrogen and oxygen atoms in total. The van der Waals surface area contributed by atoms with Gasteiger partial charge in [-0.2, -0.15) is 0 Å². The molecule has 0 aliphatic rings. The number of nitrogens with two attached hydrogens (primary N) is 1. The van der Waals surface area contributed by atoms with Crippen molar-refractivity contribution >= 4 is 17.5 Å². The van der Waals surface area contributed by atoms with Crippen LogP contribution in [0.5, 0.6) is 5.75 Å². The molecular formula is C17H14N2O3. The van der Waals surface area contributed by atoms with Crippen molar-refractivity contribution in [2.75, 3.05) is 11.9 Å². The van der Waals surface area contributed by atoms with Crippen LogP contribution in [0, 0.1) is 12.3 Å². The first kappa shape index (κ1) is 15.1. The molecule has 2 rings (SSSR count). The molecule has 22 heavy (non-hydrogen) atoms. The van der Waals surface area contributed by atoms with Gasteiger partial charge in [0, 0.05) is 16.8 Å². The van der Waals surface area contributed by atoms with Gasteiger partial charge in [0.2, 0.25) is 0 Å². The van der Waals surface area contributed by atoms with Gasteiger partial charge in [-0.3, -0.25) is 9.59 Å². The van der Waals surface area contributed by atoms with Crippen molar-refractivity contribution in [2.24, 2.45) is 5.73 Å². The van der Waals surface area contributed by atoms with Crippen LogP contribution >= 0.6 is 0 Å². The van der Waals surface area contributed by atoms with Gasteiger partial charge >= 0.3 is 0 Å². The first-order valence-electron chi connectivity index (χ1n) is 6.47. The van der Waals surface area contributed by atoms with E-state index >= 15 is 0 Å². The fourth-order valence-electron chi connectivity index (χ4n) is 1.75. The molecule has 0 atom stereocenters. The Bertz CT molecular complexity index is 730. The number of nitrogens with one attached hydrogen (secondary N) is 1. The zero-order valence-corrected chi connectivity index (χ0v) is 11.7. The Labute approximate surface area is 128 Å². The summed E-state index contributed by atoms with van der Waals surface area (Å²) in [6.07, 6.45) is 5.32. The lowest BCUT2D eigenvalue weighted by molar-refractivity contribution is -0.119. The smallest absolute Gasteiger partial charge is 0.255 e. The third-order valence-corrected chi connectivity index (χ3v) is 2.78. The number of carbonyl (C=O) groups is 2. The summed E-state index contributed by atoms with van der Waals surface area (Å²) in [6, 6.07) is 13.4. The van der Waals surface area contributed by atoms with Crippen LogP contribution in [0.2, 0.25) is 0 Å². The van der Waals surface area contributed by atoms with Crippen LogP contribution in [-0.2, 0) is 4.79 Å². The highest BCUT2D eigenvalue weighted by Gasteiger charge is 2.07. The van der Waals surface area contributed by atoms with Crippen LogP contribution in [0.25, 0.3) is 0 Å². The lowest BCUT2D eigenvalue weighted by Gasteiger charge is -2.07. The Morgan fingerprint density at radius 2 is 1.91 bits per heavy atom. The summed E-state index contributed by atoms with van der Waals surface area (Å²) < 4.78 is 5.12. The summed E-state index contributed by atoms with van der Waals surface area (Å²) in [5.74, 6) is 2.14. The minimum absolute atomic E-state index is 0.204. The van der Waals surface area contributed by atoms with E-state index in [1.165, 1.54) is 0 Å². The van der Waals surface area contributed by atoms with Crippen molar-refractivity contribution in [3.63, 3.8) is 0 Å². The predicted molar refractivity (Wildman–Crippen MR) is 83.5 cm³/mol. The van der Waals surface area contributed by atoms with Gasteiger partial charge in [0.15, 0.2) is 6.61 Å². The minimum atomic E-state index is -0.560. The summed E-state index contributed by atoms with van der Waals surface area (Å²) >= 11 is 0. The van der Waals surface area contributed by atoms with Gasteiger partial charge < -0.3 is 15.8 Å². The monoisotopic (exact) mass is 294 g/mol. The molecule has 3 N–H and O–H groups in total. The topological polar surface area (TPSA) is 81.4 Å². The van der Waals surface area contributed by atoms with Crippen LogP contribution in [0.15, 0.2) is 48.5 Å². The highest BCUT2D eigenvalue weighted by molar-refractivity contribution is 6.04. The van der Waals surface area contributed by atoms with Crippen LogP contribution in [0.4, 0.5) is 5.69 Å². The lowest BCUT2D eigenvalue weighted by atomic mass is 10.1. The van der Waals surface area contributed by atoms with E-state index in [1.807, 2.05) is 0 Å². The van der Waals surface area contributed by atoms with Crippen molar-refractivity contribution < 1.29 is 14.3 Å². The van der Waals surface area contributed by atoms with E-state index in [0.717, 1.165) is 0 Å². The van der Waals surface area contributed by atoms with Crippen LogP contribution < -0.4 is 15.8 Å². The molecule has 110 valence electrons. The van der Waals surface area contributed by atoms with E-state index in [0.29, 0.717) is 22.6 Å². The Morgan fingerprint density at radius 1 is 1.18 bits per heavy atom. The number of benzene rings is 2. The molecule has 0 radical (unpaired) electrons. The SMILES string of the molecule is C#Cc1cccc(NC(=O)c2ccc(OCC(N)=O)cc2)c1. The number of rotatable bonds is 5. The third kappa shape index (κ3) is 4.12. The van der Waals surface area contributed by atoms with Crippen LogP contribution in [0.3, 0.4) is 0 Å². The number of primary amides is 1. The number of carbonyl (C=O) groups excluding carboxylic acids is 2. The number of amides is 2. The maximum Gasteiger partial charge on any atom is 0.255 e. The average Bonchev–Trinajstić information content (AvgIpc) is 2.53. The maximum absolute atomic E-state index is 12.1. The van der Waals surface area contributed by atoms with Gasteiger partial charge in [-0.05, 0) is 42.5 Å². The van der Waals surface area contributed by atoms with Crippen molar-refractivity contribution in [1.82, 2.24) is 0 Å². The Balaban J connectivity index is 2.03. The fraction of sp³-hybridized carbons (Fsp3) is 0.0588. The average molecular weight is 294 g/mol. The summed E-state index contributed by atoms with van der Waals surface area (Å²) in [6.45, 7) is -0.204. The number of ether oxygens (including phenoxy) is 1. The molecule has 0 saturated carbocycles. The van der Waals surface area contributed by atoms with Gasteiger partial charge in [0.25, 0.3) is 11.8 Å². The highest BCUT2D eigenvalue weighted by atomic mass is 16.5. The second-order valence-electron chi connectivity index (χ2n) is 4.46. The zero-order valence-electron chi connectivity index (χ0n) is 11.7. The maximum atomic E-state index is 12.1. The van der Waals surface area contributed by atoms with Gasteiger partial charge in [-0.1, -0.05) is 12.0 Å². The first-order valence-corrected chi connectivity index (χ1v) is 6.47. The molecular weight excluding hydrogens is 280 g/mol. The summed E-state index contributed by atoms with van der Waals surface area (Å²) in [5.41, 5.74) is 6.75. The van der Waals surface area contributed by atoms with Gasteiger partial charge in [-0.25, -0.2) is 0 Å². The number of hydrogen-bond acceptors (Lipinski definition) is 3. The molecule has 2 aromatic carbocycles. The van der Waals surface area contributed by atoms with E-state index in [1.54, 1.807) is 48.5 Å². The largest absolute Gasteiger partial charge is 0.484 e. The number of hydrogen-bond donors (Lipinski definition) is 2. The fourth-order valence-corrected chi connectivity index (χ4v) is 1.75. The van der Waals surface area contributed by atoms with E-state index in [4.69, 9.17) is 16.9 Å². The van der Waals surface area contributed by atoms with Crippen molar-refractivity contribution in [3.05, 3.63) is 59.7 Å². The lowest BCUT2D eigenvalue weighted by Crippen LogP contribution is -2.20. The van der Waals surface area contributed by atoms with E-state index < -0.39 is 5.91 Å².